The third-order valence-corrected chi connectivity index (χ3v) is 3.05. The highest BCUT2D eigenvalue weighted by atomic mass is 16.5. The van der Waals surface area contributed by atoms with E-state index in [9.17, 15) is 0 Å². The number of nitrogens with one attached hydrogen (secondary N) is 1. The van der Waals surface area contributed by atoms with Crippen molar-refractivity contribution in [2.75, 3.05) is 20.8 Å². The lowest BCUT2D eigenvalue weighted by atomic mass is 9.95. The summed E-state index contributed by atoms with van der Waals surface area (Å²) < 4.78 is 10.7. The van der Waals surface area contributed by atoms with Crippen LogP contribution in [0.3, 0.4) is 0 Å². The van der Waals surface area contributed by atoms with E-state index in [4.69, 9.17) is 15.2 Å². The molecule has 1 unspecified atom stereocenters. The SMILES string of the molecule is COc1ccc(OC)c(C(CN)c2ccc[nH]2)c1. The Morgan fingerprint density at radius 1 is 1.22 bits per heavy atom. The Morgan fingerprint density at radius 2 is 2.06 bits per heavy atom. The Balaban J connectivity index is 2.46. The summed E-state index contributed by atoms with van der Waals surface area (Å²) in [7, 11) is 3.31. The number of hydrogen-bond acceptors (Lipinski definition) is 3. The summed E-state index contributed by atoms with van der Waals surface area (Å²) in [5.74, 6) is 1.70. The largest absolute Gasteiger partial charge is 0.497 e. The third-order valence-electron chi connectivity index (χ3n) is 3.05. The van der Waals surface area contributed by atoms with E-state index in [1.807, 2.05) is 36.5 Å². The molecule has 0 spiro atoms. The van der Waals surface area contributed by atoms with Crippen LogP contribution in [0.2, 0.25) is 0 Å². The van der Waals surface area contributed by atoms with Crippen molar-refractivity contribution in [3.05, 3.63) is 47.8 Å². The number of nitrogens with two attached hydrogens (primary N) is 1. The standard InChI is InChI=1S/C14H18N2O2/c1-17-10-5-6-14(18-2)11(8-10)12(9-15)13-4-3-7-16-13/h3-8,12,16H,9,15H2,1-2H3. The zero-order valence-corrected chi connectivity index (χ0v) is 10.6. The minimum absolute atomic E-state index is 0.0741. The number of rotatable bonds is 5. The third kappa shape index (κ3) is 2.33. The molecule has 4 heteroatoms. The van der Waals surface area contributed by atoms with Crippen LogP contribution < -0.4 is 15.2 Å². The zero-order valence-electron chi connectivity index (χ0n) is 10.6. The molecule has 1 heterocycles. The molecule has 3 N–H and O–H groups in total. The van der Waals surface area contributed by atoms with Gasteiger partial charge in [-0.25, -0.2) is 0 Å². The first-order valence-corrected chi connectivity index (χ1v) is 5.85. The first-order chi connectivity index (χ1) is 8.80. The van der Waals surface area contributed by atoms with Gasteiger partial charge in [0.2, 0.25) is 0 Å². The van der Waals surface area contributed by atoms with E-state index < -0.39 is 0 Å². The number of H-pyrrole nitrogens is 1. The Morgan fingerprint density at radius 3 is 2.61 bits per heavy atom. The topological polar surface area (TPSA) is 60.3 Å². The first kappa shape index (κ1) is 12.5. The summed E-state index contributed by atoms with van der Waals surface area (Å²) in [5, 5.41) is 0. The number of methoxy groups -OCH3 is 2. The van der Waals surface area contributed by atoms with Gasteiger partial charge in [0.05, 0.1) is 14.2 Å². The second-order valence-corrected chi connectivity index (χ2v) is 4.02. The minimum atomic E-state index is 0.0741. The summed E-state index contributed by atoms with van der Waals surface area (Å²) in [6, 6.07) is 9.74. The predicted molar refractivity (Wildman–Crippen MR) is 71.2 cm³/mol. The molecule has 2 aromatic rings. The maximum atomic E-state index is 5.89. The molecule has 1 atom stereocenters. The fourth-order valence-electron chi connectivity index (χ4n) is 2.09. The van der Waals surface area contributed by atoms with Gasteiger partial charge in [0.15, 0.2) is 0 Å². The molecule has 0 amide bonds. The van der Waals surface area contributed by atoms with Gasteiger partial charge in [0.25, 0.3) is 0 Å². The minimum Gasteiger partial charge on any atom is -0.497 e. The maximum absolute atomic E-state index is 5.89. The molecule has 96 valence electrons. The van der Waals surface area contributed by atoms with E-state index in [0.717, 1.165) is 22.8 Å². The van der Waals surface area contributed by atoms with Crippen molar-refractivity contribution in [3.63, 3.8) is 0 Å². The van der Waals surface area contributed by atoms with E-state index in [2.05, 4.69) is 4.98 Å². The van der Waals surface area contributed by atoms with Gasteiger partial charge in [-0.2, -0.15) is 0 Å². The number of hydrogen-bond donors (Lipinski definition) is 2. The molecule has 0 fully saturated rings. The number of benzene rings is 1. The Labute approximate surface area is 107 Å². The van der Waals surface area contributed by atoms with Crippen LogP contribution in [0.1, 0.15) is 17.2 Å². The summed E-state index contributed by atoms with van der Waals surface area (Å²) in [4.78, 5) is 3.20. The molecule has 18 heavy (non-hydrogen) atoms. The van der Waals surface area contributed by atoms with Crippen LogP contribution in [0.5, 0.6) is 11.5 Å². The van der Waals surface area contributed by atoms with E-state index >= 15 is 0 Å². The molecule has 2 rings (SSSR count). The van der Waals surface area contributed by atoms with Crippen LogP contribution in [-0.2, 0) is 0 Å². The molecule has 0 aliphatic heterocycles. The van der Waals surface area contributed by atoms with Gasteiger partial charge in [-0.1, -0.05) is 0 Å². The van der Waals surface area contributed by atoms with Crippen molar-refractivity contribution in [2.45, 2.75) is 5.92 Å². The molecular formula is C14H18N2O2. The van der Waals surface area contributed by atoms with E-state index in [1.165, 1.54) is 0 Å². The van der Waals surface area contributed by atoms with Gasteiger partial charge in [-0.3, -0.25) is 0 Å². The van der Waals surface area contributed by atoms with Crippen LogP contribution in [0.25, 0.3) is 0 Å². The van der Waals surface area contributed by atoms with Crippen molar-refractivity contribution in [1.29, 1.82) is 0 Å². The average molecular weight is 246 g/mol. The molecular weight excluding hydrogens is 228 g/mol. The van der Waals surface area contributed by atoms with Crippen molar-refractivity contribution >= 4 is 0 Å². The zero-order chi connectivity index (χ0) is 13.0. The maximum Gasteiger partial charge on any atom is 0.123 e. The fourth-order valence-corrected chi connectivity index (χ4v) is 2.09. The Bertz CT molecular complexity index is 495. The van der Waals surface area contributed by atoms with Crippen molar-refractivity contribution in [3.8, 4) is 11.5 Å². The van der Waals surface area contributed by atoms with Crippen LogP contribution >= 0.6 is 0 Å². The highest BCUT2D eigenvalue weighted by Crippen LogP contribution is 2.33. The molecule has 0 aliphatic carbocycles. The molecule has 1 aromatic heterocycles. The molecule has 0 aliphatic rings. The number of aromatic amines is 1. The Hall–Kier alpha value is -1.94. The molecule has 0 radical (unpaired) electrons. The highest BCUT2D eigenvalue weighted by Gasteiger charge is 2.18. The fraction of sp³-hybridized carbons (Fsp3) is 0.286. The first-order valence-electron chi connectivity index (χ1n) is 5.85. The summed E-state index contributed by atoms with van der Waals surface area (Å²) in [6.07, 6.45) is 1.89. The van der Waals surface area contributed by atoms with Gasteiger partial charge in [-0.15, -0.1) is 0 Å². The summed E-state index contributed by atoms with van der Waals surface area (Å²) >= 11 is 0. The molecule has 0 saturated carbocycles. The lowest BCUT2D eigenvalue weighted by Crippen LogP contribution is -2.15. The van der Waals surface area contributed by atoms with Crippen LogP contribution in [-0.4, -0.2) is 25.7 Å². The lowest BCUT2D eigenvalue weighted by Gasteiger charge is -2.18. The number of ether oxygens (including phenoxy) is 2. The molecule has 0 saturated heterocycles. The summed E-state index contributed by atoms with van der Waals surface area (Å²) in [5.41, 5.74) is 8.00. The van der Waals surface area contributed by atoms with Crippen LogP contribution in [0.4, 0.5) is 0 Å². The molecule has 4 nitrogen and oxygen atoms in total. The monoisotopic (exact) mass is 246 g/mol. The van der Waals surface area contributed by atoms with Crippen molar-refractivity contribution < 1.29 is 9.47 Å². The van der Waals surface area contributed by atoms with Crippen LogP contribution in [0, 0.1) is 0 Å². The van der Waals surface area contributed by atoms with Gasteiger partial charge >= 0.3 is 0 Å². The normalized spacial score (nSPS) is 12.2. The number of aromatic nitrogens is 1. The van der Waals surface area contributed by atoms with Crippen molar-refractivity contribution in [2.24, 2.45) is 5.73 Å². The van der Waals surface area contributed by atoms with Crippen molar-refractivity contribution in [1.82, 2.24) is 4.98 Å². The van der Waals surface area contributed by atoms with Crippen LogP contribution in [0.15, 0.2) is 36.5 Å². The summed E-state index contributed by atoms with van der Waals surface area (Å²) in [6.45, 7) is 0.504. The highest BCUT2D eigenvalue weighted by molar-refractivity contribution is 5.45. The Kier molecular flexibility index (Phi) is 3.89. The molecule has 1 aromatic carbocycles. The van der Waals surface area contributed by atoms with Gasteiger partial charge in [-0.05, 0) is 30.3 Å². The van der Waals surface area contributed by atoms with E-state index in [1.54, 1.807) is 14.2 Å². The lowest BCUT2D eigenvalue weighted by molar-refractivity contribution is 0.397. The quantitative estimate of drug-likeness (QED) is 0.849. The van der Waals surface area contributed by atoms with Gasteiger partial charge < -0.3 is 20.2 Å². The second kappa shape index (κ2) is 5.60. The molecule has 0 bridgehead atoms. The van der Waals surface area contributed by atoms with Gasteiger partial charge in [0.1, 0.15) is 11.5 Å². The van der Waals surface area contributed by atoms with E-state index in [-0.39, 0.29) is 5.92 Å². The predicted octanol–water partition coefficient (Wildman–Crippen LogP) is 2.12. The smallest absolute Gasteiger partial charge is 0.123 e. The van der Waals surface area contributed by atoms with E-state index in [0.29, 0.717) is 6.54 Å². The average Bonchev–Trinajstić information content (AvgIpc) is 2.93. The van der Waals surface area contributed by atoms with Gasteiger partial charge in [0, 0.05) is 29.9 Å². The second-order valence-electron chi connectivity index (χ2n) is 4.02.